The van der Waals surface area contributed by atoms with Crippen molar-refractivity contribution in [3.05, 3.63) is 35.4 Å². The number of benzene rings is 1. The summed E-state index contributed by atoms with van der Waals surface area (Å²) in [7, 11) is 0. The van der Waals surface area contributed by atoms with Crippen LogP contribution >= 0.6 is 0 Å². The lowest BCUT2D eigenvalue weighted by atomic mass is 10.1. The quantitative estimate of drug-likeness (QED) is 0.717. The van der Waals surface area contributed by atoms with Crippen molar-refractivity contribution in [3.63, 3.8) is 0 Å². The molecule has 120 valence electrons. The molecule has 0 aliphatic heterocycles. The number of hydrogen-bond donors (Lipinski definition) is 3. The largest absolute Gasteiger partial charge is 0.391 e. The van der Waals surface area contributed by atoms with Crippen LogP contribution in [0.3, 0.4) is 0 Å². The Morgan fingerprint density at radius 3 is 2.18 bits per heavy atom. The zero-order valence-corrected chi connectivity index (χ0v) is 13.1. The van der Waals surface area contributed by atoms with Crippen LogP contribution in [0.4, 0.5) is 0 Å². The first-order chi connectivity index (χ1) is 10.5. The Labute approximate surface area is 131 Å². The topological polar surface area (TPSA) is 78.4 Å². The summed E-state index contributed by atoms with van der Waals surface area (Å²) in [5.41, 5.74) is 1.04. The maximum atomic E-state index is 12.0. The average molecular weight is 304 g/mol. The Bertz CT molecular complexity index is 521. The van der Waals surface area contributed by atoms with Gasteiger partial charge in [0, 0.05) is 23.7 Å². The summed E-state index contributed by atoms with van der Waals surface area (Å²) in [5, 5.41) is 15.4. The fraction of sp³-hybridized carbons (Fsp3) is 0.529. The number of hydrogen-bond acceptors (Lipinski definition) is 3. The van der Waals surface area contributed by atoms with E-state index in [9.17, 15) is 14.7 Å². The number of carbonyl (C=O) groups is 2. The van der Waals surface area contributed by atoms with Crippen LogP contribution < -0.4 is 10.6 Å². The van der Waals surface area contributed by atoms with Gasteiger partial charge in [0.1, 0.15) is 0 Å². The summed E-state index contributed by atoms with van der Waals surface area (Å²) in [6.07, 6.45) is 2.21. The molecule has 0 saturated heterocycles. The van der Waals surface area contributed by atoms with Gasteiger partial charge in [0.25, 0.3) is 11.8 Å². The van der Waals surface area contributed by atoms with E-state index in [4.69, 9.17) is 0 Å². The van der Waals surface area contributed by atoms with Crippen LogP contribution in [0.2, 0.25) is 0 Å². The first-order valence-corrected chi connectivity index (χ1v) is 7.83. The number of aliphatic hydroxyl groups is 1. The van der Waals surface area contributed by atoms with Gasteiger partial charge >= 0.3 is 0 Å². The molecule has 1 aromatic carbocycles. The summed E-state index contributed by atoms with van der Waals surface area (Å²) in [6, 6.07) is 6.88. The van der Waals surface area contributed by atoms with Crippen molar-refractivity contribution < 1.29 is 14.7 Å². The lowest BCUT2D eigenvalue weighted by molar-refractivity contribution is 0.0898. The number of rotatable bonds is 7. The van der Waals surface area contributed by atoms with Crippen molar-refractivity contribution in [3.8, 4) is 0 Å². The normalized spacial score (nSPS) is 15.5. The van der Waals surface area contributed by atoms with Gasteiger partial charge in [0.2, 0.25) is 0 Å². The van der Waals surface area contributed by atoms with E-state index in [0.717, 1.165) is 12.8 Å². The molecule has 3 N–H and O–H groups in total. The van der Waals surface area contributed by atoms with Gasteiger partial charge < -0.3 is 15.7 Å². The maximum absolute atomic E-state index is 12.0. The summed E-state index contributed by atoms with van der Waals surface area (Å²) >= 11 is 0. The fourth-order valence-electron chi connectivity index (χ4n) is 2.21. The Morgan fingerprint density at radius 2 is 1.68 bits per heavy atom. The molecule has 5 nitrogen and oxygen atoms in total. The van der Waals surface area contributed by atoms with E-state index in [-0.39, 0.29) is 18.4 Å². The van der Waals surface area contributed by atoms with Crippen LogP contribution in [0.1, 0.15) is 53.8 Å². The third-order valence-corrected chi connectivity index (χ3v) is 3.56. The van der Waals surface area contributed by atoms with Gasteiger partial charge in [-0.05, 0) is 49.4 Å². The van der Waals surface area contributed by atoms with Crippen LogP contribution in [0.25, 0.3) is 0 Å². The van der Waals surface area contributed by atoms with E-state index >= 15 is 0 Å². The molecule has 1 aliphatic rings. The van der Waals surface area contributed by atoms with Gasteiger partial charge in [0.15, 0.2) is 0 Å². The summed E-state index contributed by atoms with van der Waals surface area (Å²) in [5.74, 6) is 0.0509. The molecule has 1 saturated carbocycles. The molecule has 1 aromatic rings. The molecule has 0 radical (unpaired) electrons. The SMILES string of the molecule is CC(C)CC(O)CNC(=O)c1ccc(C(=O)NC2CC2)cc1. The molecular formula is C17H24N2O3. The van der Waals surface area contributed by atoms with Gasteiger partial charge in [-0.25, -0.2) is 0 Å². The number of carbonyl (C=O) groups excluding carboxylic acids is 2. The molecular weight excluding hydrogens is 280 g/mol. The lowest BCUT2D eigenvalue weighted by Gasteiger charge is -2.14. The second-order valence-electron chi connectivity index (χ2n) is 6.32. The van der Waals surface area contributed by atoms with Crippen LogP contribution in [0.5, 0.6) is 0 Å². The number of nitrogens with one attached hydrogen (secondary N) is 2. The second kappa shape index (κ2) is 7.40. The van der Waals surface area contributed by atoms with Crippen LogP contribution in [0.15, 0.2) is 24.3 Å². The van der Waals surface area contributed by atoms with Gasteiger partial charge in [0.05, 0.1) is 6.10 Å². The molecule has 0 spiro atoms. The highest BCUT2D eigenvalue weighted by atomic mass is 16.3. The minimum atomic E-state index is -0.535. The fourth-order valence-corrected chi connectivity index (χ4v) is 2.21. The molecule has 2 amide bonds. The molecule has 1 aliphatic carbocycles. The number of amides is 2. The molecule has 1 unspecified atom stereocenters. The second-order valence-corrected chi connectivity index (χ2v) is 6.32. The predicted octanol–water partition coefficient (Wildman–Crippen LogP) is 1.72. The lowest BCUT2D eigenvalue weighted by Crippen LogP contribution is -2.32. The summed E-state index contributed by atoms with van der Waals surface area (Å²) in [4.78, 5) is 23.8. The zero-order valence-electron chi connectivity index (χ0n) is 13.1. The molecule has 0 bridgehead atoms. The molecule has 5 heteroatoms. The van der Waals surface area contributed by atoms with Crippen molar-refractivity contribution >= 4 is 11.8 Å². The molecule has 1 atom stereocenters. The van der Waals surface area contributed by atoms with Gasteiger partial charge in [-0.2, -0.15) is 0 Å². The third kappa shape index (κ3) is 5.15. The minimum absolute atomic E-state index is 0.0955. The Kier molecular flexibility index (Phi) is 5.55. The molecule has 22 heavy (non-hydrogen) atoms. The van der Waals surface area contributed by atoms with Crippen LogP contribution in [0, 0.1) is 5.92 Å². The van der Waals surface area contributed by atoms with E-state index < -0.39 is 6.10 Å². The van der Waals surface area contributed by atoms with Crippen molar-refractivity contribution in [2.75, 3.05) is 6.54 Å². The smallest absolute Gasteiger partial charge is 0.251 e. The van der Waals surface area contributed by atoms with E-state index in [1.807, 2.05) is 13.8 Å². The molecule has 2 rings (SSSR count). The van der Waals surface area contributed by atoms with Gasteiger partial charge in [-0.3, -0.25) is 9.59 Å². The number of aliphatic hydroxyl groups excluding tert-OH is 1. The van der Waals surface area contributed by atoms with E-state index in [1.165, 1.54) is 0 Å². The van der Waals surface area contributed by atoms with Crippen molar-refractivity contribution in [1.82, 2.24) is 10.6 Å². The van der Waals surface area contributed by atoms with Crippen molar-refractivity contribution in [2.45, 2.75) is 45.3 Å². The summed E-state index contributed by atoms with van der Waals surface area (Å²) < 4.78 is 0. The maximum Gasteiger partial charge on any atom is 0.251 e. The van der Waals surface area contributed by atoms with E-state index in [0.29, 0.717) is 29.5 Å². The average Bonchev–Trinajstić information content (AvgIpc) is 3.28. The zero-order chi connectivity index (χ0) is 16.1. The molecule has 0 heterocycles. The third-order valence-electron chi connectivity index (χ3n) is 3.56. The van der Waals surface area contributed by atoms with Crippen LogP contribution in [-0.2, 0) is 0 Å². The highest BCUT2D eigenvalue weighted by Crippen LogP contribution is 2.19. The van der Waals surface area contributed by atoms with Gasteiger partial charge in [-0.1, -0.05) is 13.8 Å². The Morgan fingerprint density at radius 1 is 1.14 bits per heavy atom. The predicted molar refractivity (Wildman–Crippen MR) is 84.7 cm³/mol. The highest BCUT2D eigenvalue weighted by Gasteiger charge is 2.23. The Hall–Kier alpha value is -1.88. The van der Waals surface area contributed by atoms with Crippen LogP contribution in [-0.4, -0.2) is 35.6 Å². The Balaban J connectivity index is 1.83. The van der Waals surface area contributed by atoms with Gasteiger partial charge in [-0.15, -0.1) is 0 Å². The highest BCUT2D eigenvalue weighted by molar-refractivity contribution is 5.98. The standard InChI is InChI=1S/C17H24N2O3/c1-11(2)9-15(20)10-18-16(21)12-3-5-13(6-4-12)17(22)19-14-7-8-14/h3-6,11,14-15,20H,7-10H2,1-2H3,(H,18,21)(H,19,22). The van der Waals surface area contributed by atoms with E-state index in [1.54, 1.807) is 24.3 Å². The minimum Gasteiger partial charge on any atom is -0.391 e. The molecule has 1 fully saturated rings. The monoisotopic (exact) mass is 304 g/mol. The summed E-state index contributed by atoms with van der Waals surface area (Å²) in [6.45, 7) is 4.29. The van der Waals surface area contributed by atoms with Crippen molar-refractivity contribution in [1.29, 1.82) is 0 Å². The van der Waals surface area contributed by atoms with Crippen molar-refractivity contribution in [2.24, 2.45) is 5.92 Å². The first kappa shape index (κ1) is 16.5. The van der Waals surface area contributed by atoms with E-state index in [2.05, 4.69) is 10.6 Å². The molecule has 0 aromatic heterocycles. The first-order valence-electron chi connectivity index (χ1n) is 7.83.